The summed E-state index contributed by atoms with van der Waals surface area (Å²) in [5, 5.41) is 3.73. The van der Waals surface area contributed by atoms with Gasteiger partial charge in [-0.2, -0.15) is 0 Å². The third kappa shape index (κ3) is 2.69. The largest absolute Gasteiger partial charge is 0.364 e. The fraction of sp³-hybridized carbons (Fsp3) is 0.400. The first-order valence-electron chi connectivity index (χ1n) is 8.43. The number of hydrogen-bond donors (Lipinski definition) is 1. The molecule has 0 radical (unpaired) electrons. The SMILES string of the molecule is c1ccc([C@H]2O[C@H]3CCCC[C@@H]3NCc3ccccc32)cc1. The summed E-state index contributed by atoms with van der Waals surface area (Å²) in [6.45, 7) is 0.948. The van der Waals surface area contributed by atoms with E-state index in [9.17, 15) is 0 Å². The van der Waals surface area contributed by atoms with E-state index in [0.29, 0.717) is 12.1 Å². The second-order valence-corrected chi connectivity index (χ2v) is 6.44. The highest BCUT2D eigenvalue weighted by Crippen LogP contribution is 2.35. The molecule has 0 aromatic heterocycles. The summed E-state index contributed by atoms with van der Waals surface area (Å²) in [6.07, 6.45) is 5.39. The van der Waals surface area contributed by atoms with Crippen molar-refractivity contribution in [2.24, 2.45) is 0 Å². The smallest absolute Gasteiger partial charge is 0.108 e. The van der Waals surface area contributed by atoms with E-state index in [1.807, 2.05) is 0 Å². The van der Waals surface area contributed by atoms with Crippen LogP contribution >= 0.6 is 0 Å². The van der Waals surface area contributed by atoms with E-state index in [-0.39, 0.29) is 6.10 Å². The highest BCUT2D eigenvalue weighted by molar-refractivity contribution is 5.36. The van der Waals surface area contributed by atoms with Gasteiger partial charge in [-0.1, -0.05) is 67.4 Å². The summed E-state index contributed by atoms with van der Waals surface area (Å²) in [5.74, 6) is 0. The van der Waals surface area contributed by atoms with E-state index < -0.39 is 0 Å². The van der Waals surface area contributed by atoms with Gasteiger partial charge in [-0.05, 0) is 29.5 Å². The molecule has 2 aromatic rings. The van der Waals surface area contributed by atoms with Gasteiger partial charge in [-0.25, -0.2) is 0 Å². The predicted molar refractivity (Wildman–Crippen MR) is 88.7 cm³/mol. The molecule has 1 heterocycles. The van der Waals surface area contributed by atoms with Crippen molar-refractivity contribution in [3.8, 4) is 0 Å². The Hall–Kier alpha value is -1.64. The van der Waals surface area contributed by atoms with Crippen LogP contribution in [0.5, 0.6) is 0 Å². The van der Waals surface area contributed by atoms with Crippen molar-refractivity contribution >= 4 is 0 Å². The van der Waals surface area contributed by atoms with E-state index in [1.165, 1.54) is 42.4 Å². The Labute approximate surface area is 132 Å². The molecule has 1 aliphatic heterocycles. The molecule has 0 spiro atoms. The zero-order valence-corrected chi connectivity index (χ0v) is 12.9. The average Bonchev–Trinajstić information content (AvgIpc) is 2.58. The normalized spacial score (nSPS) is 28.1. The highest BCUT2D eigenvalue weighted by atomic mass is 16.5. The van der Waals surface area contributed by atoms with E-state index in [2.05, 4.69) is 59.9 Å². The number of ether oxygens (including phenoxy) is 1. The molecule has 0 amide bonds. The van der Waals surface area contributed by atoms with Gasteiger partial charge in [0.1, 0.15) is 6.10 Å². The maximum atomic E-state index is 6.65. The molecule has 1 aliphatic carbocycles. The lowest BCUT2D eigenvalue weighted by atomic mass is 9.89. The second-order valence-electron chi connectivity index (χ2n) is 6.44. The fourth-order valence-electron chi connectivity index (χ4n) is 3.82. The van der Waals surface area contributed by atoms with Gasteiger partial charge < -0.3 is 10.1 Å². The molecule has 4 rings (SSSR count). The lowest BCUT2D eigenvalue weighted by Gasteiger charge is -2.38. The predicted octanol–water partition coefficient (Wildman–Crippen LogP) is 4.21. The summed E-state index contributed by atoms with van der Waals surface area (Å²) in [7, 11) is 0. The minimum Gasteiger partial charge on any atom is -0.364 e. The van der Waals surface area contributed by atoms with Crippen molar-refractivity contribution in [2.45, 2.75) is 50.5 Å². The molecule has 1 fully saturated rings. The quantitative estimate of drug-likeness (QED) is 0.850. The van der Waals surface area contributed by atoms with Crippen LogP contribution in [0, 0.1) is 0 Å². The van der Waals surface area contributed by atoms with Crippen LogP contribution in [0.2, 0.25) is 0 Å². The molecular weight excluding hydrogens is 270 g/mol. The minimum absolute atomic E-state index is 0.0603. The number of benzene rings is 2. The zero-order valence-electron chi connectivity index (χ0n) is 12.9. The van der Waals surface area contributed by atoms with Gasteiger partial charge in [0.2, 0.25) is 0 Å². The monoisotopic (exact) mass is 293 g/mol. The van der Waals surface area contributed by atoms with Crippen molar-refractivity contribution in [3.05, 3.63) is 71.3 Å². The molecule has 2 aliphatic rings. The van der Waals surface area contributed by atoms with Gasteiger partial charge >= 0.3 is 0 Å². The third-order valence-electron chi connectivity index (χ3n) is 5.01. The van der Waals surface area contributed by atoms with Crippen LogP contribution in [0.4, 0.5) is 0 Å². The first kappa shape index (κ1) is 14.0. The van der Waals surface area contributed by atoms with Crippen molar-refractivity contribution in [3.63, 3.8) is 0 Å². The Balaban J connectivity index is 1.75. The van der Waals surface area contributed by atoms with Gasteiger partial charge in [0.05, 0.1) is 6.10 Å². The molecule has 1 N–H and O–H groups in total. The van der Waals surface area contributed by atoms with E-state index in [4.69, 9.17) is 4.74 Å². The summed E-state index contributed by atoms with van der Waals surface area (Å²) in [4.78, 5) is 0. The fourth-order valence-corrected chi connectivity index (χ4v) is 3.82. The van der Waals surface area contributed by atoms with Crippen LogP contribution in [0.3, 0.4) is 0 Å². The van der Waals surface area contributed by atoms with Crippen LogP contribution in [0.1, 0.15) is 48.5 Å². The third-order valence-corrected chi connectivity index (χ3v) is 5.01. The Morgan fingerprint density at radius 1 is 0.864 bits per heavy atom. The maximum Gasteiger partial charge on any atom is 0.108 e. The van der Waals surface area contributed by atoms with Crippen LogP contribution < -0.4 is 5.32 Å². The Bertz CT molecular complexity index is 625. The summed E-state index contributed by atoms with van der Waals surface area (Å²) >= 11 is 0. The van der Waals surface area contributed by atoms with Crippen LogP contribution in [0.25, 0.3) is 0 Å². The molecule has 0 bridgehead atoms. The topological polar surface area (TPSA) is 21.3 Å². The molecule has 114 valence electrons. The number of nitrogens with one attached hydrogen (secondary N) is 1. The molecular formula is C20H23NO. The molecule has 2 heteroatoms. The van der Waals surface area contributed by atoms with E-state index in [0.717, 1.165) is 6.54 Å². The van der Waals surface area contributed by atoms with Gasteiger partial charge in [0, 0.05) is 12.6 Å². The van der Waals surface area contributed by atoms with Crippen molar-refractivity contribution in [1.82, 2.24) is 5.32 Å². The Kier molecular flexibility index (Phi) is 3.96. The number of hydrogen-bond acceptors (Lipinski definition) is 2. The lowest BCUT2D eigenvalue weighted by molar-refractivity contribution is -0.0354. The van der Waals surface area contributed by atoms with Crippen molar-refractivity contribution in [1.29, 1.82) is 0 Å². The molecule has 2 nitrogen and oxygen atoms in total. The first-order valence-corrected chi connectivity index (χ1v) is 8.43. The molecule has 0 unspecified atom stereocenters. The molecule has 0 saturated heterocycles. The van der Waals surface area contributed by atoms with Crippen LogP contribution in [0.15, 0.2) is 54.6 Å². The standard InChI is InChI=1S/C20H23NO/c1-2-8-15(9-3-1)20-17-11-5-4-10-16(17)14-21-18-12-6-7-13-19(18)22-20/h1-5,8-11,18-21H,6-7,12-14H2/t18-,19-,20+/m0/s1. The van der Waals surface area contributed by atoms with Gasteiger partial charge in [-0.3, -0.25) is 0 Å². The van der Waals surface area contributed by atoms with Gasteiger partial charge in [0.25, 0.3) is 0 Å². The molecule has 2 aromatic carbocycles. The summed E-state index contributed by atoms with van der Waals surface area (Å²) < 4.78 is 6.65. The molecule has 3 atom stereocenters. The zero-order chi connectivity index (χ0) is 14.8. The molecule has 22 heavy (non-hydrogen) atoms. The molecule has 1 saturated carbocycles. The maximum absolute atomic E-state index is 6.65. The van der Waals surface area contributed by atoms with E-state index in [1.54, 1.807) is 0 Å². The van der Waals surface area contributed by atoms with Crippen LogP contribution in [-0.2, 0) is 11.3 Å². The summed E-state index contributed by atoms with van der Waals surface area (Å²) in [6, 6.07) is 19.9. The van der Waals surface area contributed by atoms with Crippen molar-refractivity contribution in [2.75, 3.05) is 0 Å². The highest BCUT2D eigenvalue weighted by Gasteiger charge is 2.32. The number of fused-ring (bicyclic) bond motifs is 2. The van der Waals surface area contributed by atoms with Gasteiger partial charge in [0.15, 0.2) is 0 Å². The van der Waals surface area contributed by atoms with Gasteiger partial charge in [-0.15, -0.1) is 0 Å². The summed E-state index contributed by atoms with van der Waals surface area (Å²) in [5.41, 5.74) is 3.94. The van der Waals surface area contributed by atoms with Crippen LogP contribution in [-0.4, -0.2) is 12.1 Å². The number of rotatable bonds is 1. The minimum atomic E-state index is 0.0603. The van der Waals surface area contributed by atoms with Crippen molar-refractivity contribution < 1.29 is 4.74 Å². The van der Waals surface area contributed by atoms with E-state index >= 15 is 0 Å². The first-order chi connectivity index (χ1) is 10.9. The Morgan fingerprint density at radius 3 is 2.55 bits per heavy atom. The average molecular weight is 293 g/mol. The second kappa shape index (κ2) is 6.23. The Morgan fingerprint density at radius 2 is 1.64 bits per heavy atom. The lowest BCUT2D eigenvalue weighted by Crippen LogP contribution is -2.45.